The fourth-order valence-corrected chi connectivity index (χ4v) is 5.21. The molecule has 6 heteroatoms. The topological polar surface area (TPSA) is 66.8 Å². The molecule has 4 aromatic rings. The van der Waals surface area contributed by atoms with Crippen LogP contribution in [0.4, 0.5) is 5.69 Å². The lowest BCUT2D eigenvalue weighted by Gasteiger charge is -2.27. The van der Waals surface area contributed by atoms with Crippen LogP contribution in [0.5, 0.6) is 5.75 Å². The smallest absolute Gasteiger partial charge is 0.300 e. The van der Waals surface area contributed by atoms with Crippen LogP contribution in [-0.2, 0) is 15.0 Å². The van der Waals surface area contributed by atoms with E-state index in [0.29, 0.717) is 22.0 Å². The standard InChI is InChI=1S/C32H28ClNO4/c1-32(2,3)25-18-20(12-17-26(25)38-4)29(35)27-28(24-11-7-9-19-8-5-6-10-23(19)24)34(31(37)30(27)36)22-15-13-21(33)14-16-22/h5-18,28,35H,1-4H3/b29-27+. The molecular weight excluding hydrogens is 498 g/mol. The van der Waals surface area contributed by atoms with E-state index in [4.69, 9.17) is 16.3 Å². The van der Waals surface area contributed by atoms with Gasteiger partial charge in [-0.3, -0.25) is 14.5 Å². The zero-order valence-corrected chi connectivity index (χ0v) is 22.4. The Kier molecular flexibility index (Phi) is 6.49. The van der Waals surface area contributed by atoms with Gasteiger partial charge in [0.05, 0.1) is 18.7 Å². The van der Waals surface area contributed by atoms with E-state index in [1.54, 1.807) is 43.5 Å². The van der Waals surface area contributed by atoms with Crippen LogP contribution < -0.4 is 9.64 Å². The molecule has 1 N–H and O–H groups in total. The van der Waals surface area contributed by atoms with Gasteiger partial charge in [0.2, 0.25) is 0 Å². The number of carbonyl (C=O) groups is 2. The first kappa shape index (κ1) is 25.6. The van der Waals surface area contributed by atoms with E-state index >= 15 is 0 Å². The molecule has 1 aliphatic rings. The molecule has 1 fully saturated rings. The summed E-state index contributed by atoms with van der Waals surface area (Å²) in [6.07, 6.45) is 0. The predicted octanol–water partition coefficient (Wildman–Crippen LogP) is 7.43. The van der Waals surface area contributed by atoms with E-state index in [2.05, 4.69) is 0 Å². The van der Waals surface area contributed by atoms with Gasteiger partial charge in [0.25, 0.3) is 11.7 Å². The van der Waals surface area contributed by atoms with E-state index in [1.165, 1.54) is 4.90 Å². The van der Waals surface area contributed by atoms with Gasteiger partial charge in [0.1, 0.15) is 11.5 Å². The van der Waals surface area contributed by atoms with Crippen LogP contribution in [0.1, 0.15) is 43.5 Å². The Labute approximate surface area is 226 Å². The fourth-order valence-electron chi connectivity index (χ4n) is 5.08. The molecule has 0 aromatic heterocycles. The third-order valence-electron chi connectivity index (χ3n) is 6.95. The lowest BCUT2D eigenvalue weighted by molar-refractivity contribution is -0.132. The molecule has 0 spiro atoms. The number of aliphatic hydroxyl groups is 1. The second-order valence-corrected chi connectivity index (χ2v) is 10.8. The first-order valence-electron chi connectivity index (χ1n) is 12.3. The highest BCUT2D eigenvalue weighted by Crippen LogP contribution is 2.45. The molecule has 38 heavy (non-hydrogen) atoms. The van der Waals surface area contributed by atoms with Crippen molar-refractivity contribution < 1.29 is 19.4 Å². The van der Waals surface area contributed by atoms with Crippen molar-refractivity contribution >= 4 is 45.5 Å². The summed E-state index contributed by atoms with van der Waals surface area (Å²) in [6.45, 7) is 6.14. The summed E-state index contributed by atoms with van der Waals surface area (Å²) in [7, 11) is 1.60. The van der Waals surface area contributed by atoms with Crippen molar-refractivity contribution in [3.8, 4) is 5.75 Å². The number of Topliss-reactive ketones (excluding diaryl/α,β-unsaturated/α-hetero) is 1. The number of anilines is 1. The molecule has 0 bridgehead atoms. The zero-order valence-electron chi connectivity index (χ0n) is 21.7. The van der Waals surface area contributed by atoms with Gasteiger partial charge in [-0.25, -0.2) is 0 Å². The summed E-state index contributed by atoms with van der Waals surface area (Å²) in [5.41, 5.74) is 2.31. The number of amides is 1. The maximum atomic E-state index is 13.6. The Hall–Kier alpha value is -4.09. The Morgan fingerprint density at radius 1 is 0.921 bits per heavy atom. The van der Waals surface area contributed by atoms with E-state index < -0.39 is 17.7 Å². The van der Waals surface area contributed by atoms with Crippen molar-refractivity contribution in [2.24, 2.45) is 0 Å². The molecule has 1 amide bonds. The number of carbonyl (C=O) groups excluding carboxylic acids is 2. The molecule has 5 rings (SSSR count). The number of hydrogen-bond donors (Lipinski definition) is 1. The van der Waals surface area contributed by atoms with Gasteiger partial charge in [-0.2, -0.15) is 0 Å². The van der Waals surface area contributed by atoms with E-state index in [1.807, 2.05) is 69.3 Å². The van der Waals surface area contributed by atoms with Gasteiger partial charge in [-0.15, -0.1) is 0 Å². The van der Waals surface area contributed by atoms with Crippen molar-refractivity contribution in [1.29, 1.82) is 0 Å². The van der Waals surface area contributed by atoms with Gasteiger partial charge in [-0.1, -0.05) is 74.8 Å². The summed E-state index contributed by atoms with van der Waals surface area (Å²) >= 11 is 6.12. The molecule has 1 aliphatic heterocycles. The molecule has 0 radical (unpaired) electrons. The van der Waals surface area contributed by atoms with Gasteiger partial charge in [0, 0.05) is 21.8 Å². The maximum absolute atomic E-state index is 13.6. The lowest BCUT2D eigenvalue weighted by atomic mass is 9.84. The summed E-state index contributed by atoms with van der Waals surface area (Å²) in [4.78, 5) is 28.6. The van der Waals surface area contributed by atoms with Crippen LogP contribution in [-0.4, -0.2) is 23.9 Å². The Balaban J connectivity index is 1.79. The number of rotatable bonds is 4. The Morgan fingerprint density at radius 3 is 2.29 bits per heavy atom. The van der Waals surface area contributed by atoms with Crippen LogP contribution in [0.3, 0.4) is 0 Å². The van der Waals surface area contributed by atoms with Crippen molar-refractivity contribution in [1.82, 2.24) is 0 Å². The summed E-state index contributed by atoms with van der Waals surface area (Å²) in [5, 5.41) is 14.1. The predicted molar refractivity (Wildman–Crippen MR) is 152 cm³/mol. The van der Waals surface area contributed by atoms with Crippen molar-refractivity contribution in [2.45, 2.75) is 32.2 Å². The van der Waals surface area contributed by atoms with Gasteiger partial charge in [-0.05, 0) is 64.2 Å². The lowest BCUT2D eigenvalue weighted by Crippen LogP contribution is -2.29. The highest BCUT2D eigenvalue weighted by atomic mass is 35.5. The largest absolute Gasteiger partial charge is 0.507 e. The highest BCUT2D eigenvalue weighted by Gasteiger charge is 2.47. The number of fused-ring (bicyclic) bond motifs is 1. The molecule has 5 nitrogen and oxygen atoms in total. The first-order valence-corrected chi connectivity index (χ1v) is 12.7. The number of hydrogen-bond acceptors (Lipinski definition) is 4. The Morgan fingerprint density at radius 2 is 1.61 bits per heavy atom. The molecule has 1 heterocycles. The minimum Gasteiger partial charge on any atom is -0.507 e. The average molecular weight is 526 g/mol. The highest BCUT2D eigenvalue weighted by molar-refractivity contribution is 6.52. The zero-order chi connectivity index (χ0) is 27.2. The second-order valence-electron chi connectivity index (χ2n) is 10.4. The van der Waals surface area contributed by atoms with Gasteiger partial charge in [0.15, 0.2) is 0 Å². The molecule has 1 saturated heterocycles. The average Bonchev–Trinajstić information content (AvgIpc) is 3.17. The van der Waals surface area contributed by atoms with E-state index in [-0.39, 0.29) is 16.7 Å². The molecular formula is C32H28ClNO4. The van der Waals surface area contributed by atoms with Crippen molar-refractivity contribution in [3.63, 3.8) is 0 Å². The third-order valence-corrected chi connectivity index (χ3v) is 7.20. The number of ether oxygens (including phenoxy) is 1. The van der Waals surface area contributed by atoms with Crippen LogP contribution in [0, 0.1) is 0 Å². The SMILES string of the molecule is COc1ccc(/C(O)=C2\C(=O)C(=O)N(c3ccc(Cl)cc3)C2c2cccc3ccccc23)cc1C(C)(C)C. The number of aliphatic hydroxyl groups excluding tert-OH is 1. The number of halogens is 1. The second kappa shape index (κ2) is 9.66. The molecule has 1 atom stereocenters. The summed E-state index contributed by atoms with van der Waals surface area (Å²) < 4.78 is 5.56. The van der Waals surface area contributed by atoms with E-state index in [0.717, 1.165) is 21.9 Å². The van der Waals surface area contributed by atoms with Crippen LogP contribution >= 0.6 is 11.6 Å². The number of methoxy groups -OCH3 is 1. The number of ketones is 1. The molecule has 192 valence electrons. The third kappa shape index (κ3) is 4.33. The molecule has 0 aliphatic carbocycles. The van der Waals surface area contributed by atoms with Crippen LogP contribution in [0.15, 0.2) is 90.5 Å². The number of benzene rings is 4. The Bertz CT molecular complexity index is 1590. The molecule has 0 saturated carbocycles. The minimum atomic E-state index is -0.845. The van der Waals surface area contributed by atoms with Crippen molar-refractivity contribution in [2.75, 3.05) is 12.0 Å². The van der Waals surface area contributed by atoms with Gasteiger partial charge < -0.3 is 9.84 Å². The first-order chi connectivity index (χ1) is 18.1. The monoisotopic (exact) mass is 525 g/mol. The van der Waals surface area contributed by atoms with Crippen LogP contribution in [0.2, 0.25) is 5.02 Å². The normalized spacial score (nSPS) is 17.3. The summed E-state index contributed by atoms with van der Waals surface area (Å²) in [5.74, 6) is -1.01. The molecule has 1 unspecified atom stereocenters. The quantitative estimate of drug-likeness (QED) is 0.171. The minimum absolute atomic E-state index is 0.0336. The van der Waals surface area contributed by atoms with Crippen molar-refractivity contribution in [3.05, 3.63) is 112 Å². The van der Waals surface area contributed by atoms with Crippen LogP contribution in [0.25, 0.3) is 16.5 Å². The van der Waals surface area contributed by atoms with E-state index in [9.17, 15) is 14.7 Å². The fraction of sp³-hybridized carbons (Fsp3) is 0.188. The summed E-state index contributed by atoms with van der Waals surface area (Å²) in [6, 6.07) is 24.8. The molecule has 4 aromatic carbocycles. The van der Waals surface area contributed by atoms with Gasteiger partial charge >= 0.3 is 0 Å². The number of nitrogens with zero attached hydrogens (tertiary/aromatic N) is 1. The maximum Gasteiger partial charge on any atom is 0.300 e.